The Morgan fingerprint density at radius 2 is 2.17 bits per heavy atom. The molecule has 0 aliphatic carbocycles. The van der Waals surface area contributed by atoms with E-state index in [0.717, 1.165) is 11.3 Å². The number of rotatable bonds is 4. The Balaban J connectivity index is 2.24. The van der Waals surface area contributed by atoms with Gasteiger partial charge in [0.1, 0.15) is 5.82 Å². The number of nitrogens with one attached hydrogen (secondary N) is 1. The molecule has 0 aliphatic rings. The summed E-state index contributed by atoms with van der Waals surface area (Å²) in [5.41, 5.74) is 2.64. The fourth-order valence-electron chi connectivity index (χ4n) is 1.68. The fraction of sp³-hybridized carbons (Fsp3) is 0.143. The maximum atomic E-state index is 13.9. The minimum absolute atomic E-state index is 0.116. The zero-order valence-corrected chi connectivity index (χ0v) is 13.1. The smallest absolute Gasteiger partial charge is 0.427 e. The van der Waals surface area contributed by atoms with Gasteiger partial charge in [0.2, 0.25) is 5.91 Å². The molecule has 1 aromatic carbocycles. The van der Waals surface area contributed by atoms with E-state index in [9.17, 15) is 14.0 Å². The number of methoxy groups -OCH3 is 1. The Morgan fingerprint density at radius 1 is 1.43 bits per heavy atom. The van der Waals surface area contributed by atoms with E-state index in [-0.39, 0.29) is 11.6 Å². The van der Waals surface area contributed by atoms with Crippen LogP contribution in [-0.4, -0.2) is 30.3 Å². The van der Waals surface area contributed by atoms with Crippen LogP contribution in [-0.2, 0) is 9.53 Å². The van der Waals surface area contributed by atoms with Gasteiger partial charge < -0.3 is 4.74 Å². The summed E-state index contributed by atoms with van der Waals surface area (Å²) >= 11 is 1.15. The Hall–Kier alpha value is -2.81. The number of aromatic nitrogens is 1. The highest BCUT2D eigenvalue weighted by atomic mass is 32.1. The van der Waals surface area contributed by atoms with E-state index in [0.29, 0.717) is 10.8 Å². The minimum atomic E-state index is -0.714. The van der Waals surface area contributed by atoms with Gasteiger partial charge in [-0.1, -0.05) is 12.1 Å². The SMILES string of the molecule is COC(=O)N/N=C\c1csc(N(C(C)=O)c2ccccc2F)n1. The largest absolute Gasteiger partial charge is 0.452 e. The molecule has 2 amide bonds. The van der Waals surface area contributed by atoms with Gasteiger partial charge in [0, 0.05) is 12.3 Å². The first kappa shape index (κ1) is 16.6. The number of amides is 2. The van der Waals surface area contributed by atoms with E-state index in [4.69, 9.17) is 0 Å². The summed E-state index contributed by atoms with van der Waals surface area (Å²) in [5, 5.41) is 5.55. The lowest BCUT2D eigenvalue weighted by Crippen LogP contribution is -2.23. The first-order chi connectivity index (χ1) is 11.0. The lowest BCUT2D eigenvalue weighted by molar-refractivity contribution is -0.115. The molecule has 23 heavy (non-hydrogen) atoms. The van der Waals surface area contributed by atoms with Gasteiger partial charge >= 0.3 is 6.09 Å². The lowest BCUT2D eigenvalue weighted by atomic mass is 10.3. The highest BCUT2D eigenvalue weighted by molar-refractivity contribution is 7.14. The van der Waals surface area contributed by atoms with Gasteiger partial charge in [-0.05, 0) is 12.1 Å². The van der Waals surface area contributed by atoms with Gasteiger partial charge in [-0.3, -0.25) is 9.69 Å². The van der Waals surface area contributed by atoms with Gasteiger partial charge in [-0.25, -0.2) is 19.6 Å². The summed E-state index contributed by atoms with van der Waals surface area (Å²) in [6, 6.07) is 5.92. The number of nitrogens with zero attached hydrogens (tertiary/aromatic N) is 3. The van der Waals surface area contributed by atoms with E-state index in [1.807, 2.05) is 0 Å². The molecule has 1 N–H and O–H groups in total. The fourth-order valence-corrected chi connectivity index (χ4v) is 2.51. The number of benzene rings is 1. The van der Waals surface area contributed by atoms with E-state index in [1.165, 1.54) is 43.3 Å². The third-order valence-electron chi connectivity index (χ3n) is 2.65. The van der Waals surface area contributed by atoms with Crippen molar-refractivity contribution in [3.05, 3.63) is 41.2 Å². The van der Waals surface area contributed by atoms with Crippen molar-refractivity contribution in [3.8, 4) is 0 Å². The van der Waals surface area contributed by atoms with E-state index < -0.39 is 11.9 Å². The zero-order valence-electron chi connectivity index (χ0n) is 12.3. The average molecular weight is 336 g/mol. The summed E-state index contributed by atoms with van der Waals surface area (Å²) in [7, 11) is 1.21. The van der Waals surface area contributed by atoms with Crippen LogP contribution in [0, 0.1) is 5.82 Å². The number of ether oxygens (including phenoxy) is 1. The number of carbonyl (C=O) groups excluding carboxylic acids is 2. The summed E-state index contributed by atoms with van der Waals surface area (Å²) in [4.78, 5) is 28.1. The third-order valence-corrected chi connectivity index (χ3v) is 3.49. The van der Waals surface area contributed by atoms with Gasteiger partial charge in [0.05, 0.1) is 24.7 Å². The molecule has 1 aromatic heterocycles. The van der Waals surface area contributed by atoms with Crippen molar-refractivity contribution in [1.29, 1.82) is 0 Å². The van der Waals surface area contributed by atoms with Crippen LogP contribution in [0.3, 0.4) is 0 Å². The lowest BCUT2D eigenvalue weighted by Gasteiger charge is -2.18. The first-order valence-electron chi connectivity index (χ1n) is 6.40. The first-order valence-corrected chi connectivity index (χ1v) is 7.28. The molecule has 2 rings (SSSR count). The molecule has 0 aliphatic heterocycles. The van der Waals surface area contributed by atoms with E-state index in [1.54, 1.807) is 11.4 Å². The number of hydrazone groups is 1. The highest BCUT2D eigenvalue weighted by Crippen LogP contribution is 2.30. The Kier molecular flexibility index (Phi) is 5.36. The second kappa shape index (κ2) is 7.45. The maximum Gasteiger partial charge on any atom is 0.427 e. The van der Waals surface area contributed by atoms with Crippen LogP contribution in [0.5, 0.6) is 0 Å². The maximum absolute atomic E-state index is 13.9. The van der Waals surface area contributed by atoms with Gasteiger partial charge in [-0.2, -0.15) is 5.10 Å². The molecule has 9 heteroatoms. The molecule has 0 bridgehead atoms. The Morgan fingerprint density at radius 3 is 2.83 bits per heavy atom. The van der Waals surface area contributed by atoms with Crippen molar-refractivity contribution in [2.75, 3.05) is 12.0 Å². The van der Waals surface area contributed by atoms with Crippen LogP contribution in [0.4, 0.5) is 20.0 Å². The predicted molar refractivity (Wildman–Crippen MR) is 84.5 cm³/mol. The van der Waals surface area contributed by atoms with Crippen molar-refractivity contribution in [2.24, 2.45) is 5.10 Å². The summed E-state index contributed by atoms with van der Waals surface area (Å²) in [6.07, 6.45) is 0.574. The number of anilines is 2. The van der Waals surface area contributed by atoms with E-state index in [2.05, 4.69) is 20.2 Å². The molecular weight excluding hydrogens is 323 g/mol. The van der Waals surface area contributed by atoms with Crippen molar-refractivity contribution in [1.82, 2.24) is 10.4 Å². The Bertz CT molecular complexity index is 747. The van der Waals surface area contributed by atoms with Crippen molar-refractivity contribution in [2.45, 2.75) is 6.92 Å². The molecule has 120 valence electrons. The molecule has 0 fully saturated rings. The van der Waals surface area contributed by atoms with Crippen LogP contribution >= 0.6 is 11.3 Å². The van der Waals surface area contributed by atoms with E-state index >= 15 is 0 Å². The number of hydrogen-bond donors (Lipinski definition) is 1. The van der Waals surface area contributed by atoms with Crippen LogP contribution in [0.25, 0.3) is 0 Å². The average Bonchev–Trinajstić information content (AvgIpc) is 2.97. The monoisotopic (exact) mass is 336 g/mol. The van der Waals surface area contributed by atoms with Crippen LogP contribution in [0.1, 0.15) is 12.6 Å². The van der Waals surface area contributed by atoms with Gasteiger partial charge in [-0.15, -0.1) is 11.3 Å². The summed E-state index contributed by atoms with van der Waals surface area (Å²) < 4.78 is 18.3. The number of carbonyl (C=O) groups is 2. The van der Waals surface area contributed by atoms with Gasteiger partial charge in [0.25, 0.3) is 0 Å². The molecular formula is C14H13FN4O3S. The Labute approximate surface area is 135 Å². The second-order valence-electron chi connectivity index (χ2n) is 4.22. The summed E-state index contributed by atoms with van der Waals surface area (Å²) in [5.74, 6) is -0.902. The van der Waals surface area contributed by atoms with Crippen molar-refractivity contribution in [3.63, 3.8) is 0 Å². The summed E-state index contributed by atoms with van der Waals surface area (Å²) in [6.45, 7) is 1.32. The van der Waals surface area contributed by atoms with Gasteiger partial charge in [0.15, 0.2) is 5.13 Å². The molecule has 2 aromatic rings. The number of thiazole rings is 1. The zero-order chi connectivity index (χ0) is 16.8. The number of para-hydroxylation sites is 1. The highest BCUT2D eigenvalue weighted by Gasteiger charge is 2.20. The molecule has 0 radical (unpaired) electrons. The molecule has 0 unspecified atom stereocenters. The topological polar surface area (TPSA) is 83.9 Å². The minimum Gasteiger partial charge on any atom is -0.452 e. The molecule has 7 nitrogen and oxygen atoms in total. The van der Waals surface area contributed by atoms with Crippen LogP contribution in [0.15, 0.2) is 34.7 Å². The van der Waals surface area contributed by atoms with Crippen LogP contribution in [0.2, 0.25) is 0 Å². The molecule has 0 spiro atoms. The molecule has 1 heterocycles. The number of hydrogen-bond acceptors (Lipinski definition) is 6. The van der Waals surface area contributed by atoms with Crippen LogP contribution < -0.4 is 10.3 Å². The quantitative estimate of drug-likeness (QED) is 0.687. The molecule has 0 saturated carbocycles. The standard InChI is InChI=1S/C14H13FN4O3S/c1-9(20)19(12-6-4-3-5-11(12)15)13-17-10(8-23-13)7-16-18-14(21)22-2/h3-8H,1-2H3,(H,18,21)/b16-7-. The normalized spacial score (nSPS) is 10.6. The van der Waals surface area contributed by atoms with Crippen molar-refractivity contribution < 1.29 is 18.7 Å². The molecule has 0 saturated heterocycles. The second-order valence-corrected chi connectivity index (χ2v) is 5.06. The third kappa shape index (κ3) is 4.10. The predicted octanol–water partition coefficient (Wildman–Crippen LogP) is 2.66. The van der Waals surface area contributed by atoms with Crippen molar-refractivity contribution >= 4 is 40.4 Å². The number of halogens is 1. The molecule has 0 atom stereocenters.